The fraction of sp³-hybridized carbons (Fsp3) is 0.706. The van der Waals surface area contributed by atoms with Crippen molar-refractivity contribution in [2.24, 2.45) is 0 Å². The van der Waals surface area contributed by atoms with E-state index in [1.54, 1.807) is 24.3 Å². The summed E-state index contributed by atoms with van der Waals surface area (Å²) < 4.78 is 70.8. The van der Waals surface area contributed by atoms with Crippen LogP contribution in [0.3, 0.4) is 0 Å². The van der Waals surface area contributed by atoms with E-state index in [0.29, 0.717) is 0 Å². The maximum atomic E-state index is 11.8. The molecule has 0 aliphatic heterocycles. The van der Waals surface area contributed by atoms with Crippen molar-refractivity contribution in [2.75, 3.05) is 0 Å². The molecule has 0 bridgehead atoms. The largest absolute Gasteiger partial charge is 2.00 e. The van der Waals surface area contributed by atoms with Crippen molar-refractivity contribution in [3.63, 3.8) is 0 Å². The summed E-state index contributed by atoms with van der Waals surface area (Å²) in [7, 11) is -8.92. The zero-order chi connectivity index (χ0) is 55.0. The van der Waals surface area contributed by atoms with Gasteiger partial charge in [-0.15, -0.1) is 0 Å². The van der Waals surface area contributed by atoms with E-state index in [1.807, 2.05) is 12.1 Å². The normalized spacial score (nSPS) is 11.8. The van der Waals surface area contributed by atoms with Crippen LogP contribution in [0.15, 0.2) is 70.5 Å². The average Bonchev–Trinajstić information content (AvgIpc) is 3.40. The third-order valence-electron chi connectivity index (χ3n) is 16.0. The second-order valence-electron chi connectivity index (χ2n) is 22.9. The van der Waals surface area contributed by atoms with E-state index in [-0.39, 0.29) is 47.5 Å². The molecule has 0 aliphatic carbocycles. The zero-order valence-corrected chi connectivity index (χ0v) is 53.7. The summed E-state index contributed by atoms with van der Waals surface area (Å²) in [6, 6.07) is 19.1. The monoisotopic (exact) mass is 1130 g/mol. The van der Waals surface area contributed by atoms with Crippen molar-refractivity contribution in [1.82, 2.24) is 0 Å². The topological polar surface area (TPSA) is 114 Å². The van der Waals surface area contributed by atoms with E-state index in [1.165, 1.54) is 242 Å². The van der Waals surface area contributed by atoms with Crippen LogP contribution in [0, 0.1) is 0 Å². The van der Waals surface area contributed by atoms with Crippen molar-refractivity contribution < 1.29 is 25.9 Å². The van der Waals surface area contributed by atoms with E-state index < -0.39 is 20.2 Å². The van der Waals surface area contributed by atoms with Crippen LogP contribution in [0.1, 0.15) is 307 Å². The molecule has 0 spiro atoms. The molecule has 4 rings (SSSR count). The first-order chi connectivity index (χ1) is 36.9. The summed E-state index contributed by atoms with van der Waals surface area (Å²) in [5.74, 6) is 0. The molecule has 4 aromatic carbocycles. The van der Waals surface area contributed by atoms with Gasteiger partial charge < -0.3 is 9.11 Å². The van der Waals surface area contributed by atoms with Gasteiger partial charge in [0.15, 0.2) is 0 Å². The minimum Gasteiger partial charge on any atom is -0.744 e. The fourth-order valence-corrected chi connectivity index (χ4v) is 12.3. The van der Waals surface area contributed by atoms with Gasteiger partial charge in [0.05, 0.1) is 9.79 Å². The van der Waals surface area contributed by atoms with Crippen molar-refractivity contribution in [3.8, 4) is 0 Å². The van der Waals surface area contributed by atoms with E-state index in [2.05, 4.69) is 52.0 Å². The number of fused-ring (bicyclic) bond motifs is 2. The van der Waals surface area contributed by atoms with Gasteiger partial charge in [-0.05, 0) is 119 Å². The first-order valence-electron chi connectivity index (χ1n) is 31.9. The first-order valence-corrected chi connectivity index (χ1v) is 34.8. The Balaban J connectivity index is 0.000000520. The average molecular weight is 1130 g/mol. The van der Waals surface area contributed by atoms with E-state index >= 15 is 0 Å². The van der Waals surface area contributed by atoms with E-state index in [4.69, 9.17) is 0 Å². The smallest absolute Gasteiger partial charge is 0.744 e. The van der Waals surface area contributed by atoms with Gasteiger partial charge in [-0.2, -0.15) is 0 Å². The molecule has 0 N–H and O–H groups in total. The first kappa shape index (κ1) is 71.6. The number of rotatable bonds is 46. The molecule has 0 radical (unpaired) electrons. The number of unbranched alkanes of at least 4 members (excludes halogenated alkanes) is 36. The van der Waals surface area contributed by atoms with E-state index in [9.17, 15) is 25.9 Å². The summed E-state index contributed by atoms with van der Waals surface area (Å²) in [5, 5.41) is 3.99. The van der Waals surface area contributed by atoms with Crippen LogP contribution in [0.2, 0.25) is 0 Å². The van der Waals surface area contributed by atoms with Gasteiger partial charge in [0.25, 0.3) is 0 Å². The quantitative estimate of drug-likeness (QED) is 0.0247. The molecule has 77 heavy (non-hydrogen) atoms. The fourth-order valence-electron chi connectivity index (χ4n) is 11.2. The van der Waals surface area contributed by atoms with Gasteiger partial charge in [-0.3, -0.25) is 0 Å². The Bertz CT molecular complexity index is 2160. The molecule has 0 aromatic heterocycles. The molecule has 0 heterocycles. The molecular weight excluding hydrogens is 1020 g/mol. The van der Waals surface area contributed by atoms with E-state index in [0.717, 1.165) is 84.0 Å². The molecule has 4 aromatic rings. The molecule has 0 saturated carbocycles. The molecule has 0 atom stereocenters. The number of benzene rings is 4. The van der Waals surface area contributed by atoms with Crippen LogP contribution in [0.4, 0.5) is 0 Å². The Labute approximate surface area is 504 Å². The van der Waals surface area contributed by atoms with Crippen LogP contribution in [-0.4, -0.2) is 63.7 Å². The Morgan fingerprint density at radius 3 is 0.740 bits per heavy atom. The predicted octanol–water partition coefficient (Wildman–Crippen LogP) is 21.0. The van der Waals surface area contributed by atoms with Crippen molar-refractivity contribution in [2.45, 2.75) is 320 Å². The standard InChI is InChI=1S/2C34H56O3S.Ca/c2*1-3-5-7-9-11-13-15-17-19-21-23-30-25-26-32-29-33(38(35,36)37)28-31(34(32)27-30)24-22-20-18-16-14-12-10-8-6-4-2;/h2*25-29H,3-24H2,1-2H3,(H,35,36,37);/q;;+2/p-2. The molecule has 6 nitrogen and oxygen atoms in total. The van der Waals surface area contributed by atoms with Crippen LogP contribution in [0.25, 0.3) is 21.5 Å². The summed E-state index contributed by atoms with van der Waals surface area (Å²) >= 11 is 0. The second-order valence-corrected chi connectivity index (χ2v) is 25.7. The SMILES string of the molecule is CCCCCCCCCCCCc1ccc2cc(S(=O)(=O)[O-])cc(CCCCCCCCCCCC)c2c1.CCCCCCCCCCCCc1ccc2cc(S(=O)(=O)[O-])cc(CCCCCCCCCCCC)c2c1.[Ca+2]. The van der Waals surface area contributed by atoms with Crippen molar-refractivity contribution in [3.05, 3.63) is 82.9 Å². The Hall–Kier alpha value is -1.52. The maximum Gasteiger partial charge on any atom is 2.00 e. The predicted molar refractivity (Wildman–Crippen MR) is 332 cm³/mol. The Kier molecular flexibility index (Phi) is 41.9. The van der Waals surface area contributed by atoms with Gasteiger partial charge >= 0.3 is 37.7 Å². The van der Waals surface area contributed by atoms with Crippen LogP contribution >= 0.6 is 0 Å². The summed E-state index contributed by atoms with van der Waals surface area (Å²) in [5.41, 5.74) is 4.67. The number of hydrogen-bond donors (Lipinski definition) is 0. The van der Waals surface area contributed by atoms with Gasteiger partial charge in [0.1, 0.15) is 20.2 Å². The minimum absolute atomic E-state index is 0. The Morgan fingerprint density at radius 1 is 0.286 bits per heavy atom. The molecular formula is C68H110CaO6S2. The molecule has 0 fully saturated rings. The van der Waals surface area contributed by atoms with Gasteiger partial charge in [0.2, 0.25) is 0 Å². The van der Waals surface area contributed by atoms with Gasteiger partial charge in [-0.1, -0.05) is 295 Å². The molecule has 0 aliphatic rings. The van der Waals surface area contributed by atoms with Crippen molar-refractivity contribution in [1.29, 1.82) is 0 Å². The third kappa shape index (κ3) is 33.2. The summed E-state index contributed by atoms with van der Waals surface area (Å²) in [4.78, 5) is -0.177. The van der Waals surface area contributed by atoms with Gasteiger partial charge in [0, 0.05) is 0 Å². The molecule has 432 valence electrons. The van der Waals surface area contributed by atoms with Gasteiger partial charge in [-0.25, -0.2) is 16.8 Å². The number of hydrogen-bond acceptors (Lipinski definition) is 6. The second kappa shape index (κ2) is 45.1. The molecule has 0 amide bonds. The maximum absolute atomic E-state index is 11.8. The third-order valence-corrected chi connectivity index (χ3v) is 17.6. The van der Waals surface area contributed by atoms with Crippen molar-refractivity contribution >= 4 is 79.5 Å². The zero-order valence-electron chi connectivity index (χ0n) is 49.9. The molecule has 9 heteroatoms. The van der Waals surface area contributed by atoms with Crippen LogP contribution < -0.4 is 0 Å². The molecule has 0 unspecified atom stereocenters. The number of aryl methyl sites for hydroxylation is 4. The van der Waals surface area contributed by atoms with Crippen LogP contribution in [-0.2, 0) is 45.9 Å². The minimum atomic E-state index is -4.46. The Morgan fingerprint density at radius 2 is 0.506 bits per heavy atom. The molecule has 0 saturated heterocycles. The summed E-state index contributed by atoms with van der Waals surface area (Å²) in [6.07, 6.45) is 56.0. The van der Waals surface area contributed by atoms with Crippen LogP contribution in [0.5, 0.6) is 0 Å². The summed E-state index contributed by atoms with van der Waals surface area (Å²) in [6.45, 7) is 9.04.